The Balaban J connectivity index is 1.67. The van der Waals surface area contributed by atoms with E-state index in [2.05, 4.69) is 5.32 Å². The molecule has 0 aromatic heterocycles. The average molecular weight is 487 g/mol. The topological polar surface area (TPSA) is 58.6 Å². The second kappa shape index (κ2) is 9.59. The summed E-state index contributed by atoms with van der Waals surface area (Å²) in [5.41, 5.74) is 5.05. The van der Waals surface area contributed by atoms with Gasteiger partial charge < -0.3 is 10.1 Å². The number of nitrogens with one attached hydrogen (secondary N) is 1. The number of carbonyl (C=O) groups excluding carboxylic acids is 2. The van der Waals surface area contributed by atoms with Crippen LogP contribution in [0.1, 0.15) is 49.3 Å². The summed E-state index contributed by atoms with van der Waals surface area (Å²) in [7, 11) is 1.64. The number of benzene rings is 3. The number of para-hydroxylation sites is 2. The molecule has 0 fully saturated rings. The first-order valence-electron chi connectivity index (χ1n) is 11.8. The molecule has 0 bridgehead atoms. The molecule has 3 aromatic rings. The molecule has 2 atom stereocenters. The maximum atomic E-state index is 13.9. The number of rotatable bonds is 4. The van der Waals surface area contributed by atoms with Crippen molar-refractivity contribution in [2.45, 2.75) is 38.1 Å². The molecule has 0 spiro atoms. The largest absolute Gasteiger partial charge is 0.497 e. The maximum Gasteiger partial charge on any atom is 0.227 e. The van der Waals surface area contributed by atoms with Crippen molar-refractivity contribution in [3.05, 3.63) is 100 Å². The summed E-state index contributed by atoms with van der Waals surface area (Å²) in [5, 5.41) is 4.16. The number of fused-ring (bicyclic) bond motifs is 1. The monoisotopic (exact) mass is 486 g/mol. The van der Waals surface area contributed by atoms with E-state index < -0.39 is 6.04 Å². The minimum Gasteiger partial charge on any atom is -0.497 e. The van der Waals surface area contributed by atoms with Crippen LogP contribution in [0.25, 0.3) is 0 Å². The lowest BCUT2D eigenvalue weighted by Crippen LogP contribution is -2.38. The molecule has 0 radical (unpaired) electrons. The highest BCUT2D eigenvalue weighted by Crippen LogP contribution is 2.47. The highest BCUT2D eigenvalue weighted by molar-refractivity contribution is 6.30. The summed E-state index contributed by atoms with van der Waals surface area (Å²) < 4.78 is 5.30. The van der Waals surface area contributed by atoms with Crippen molar-refractivity contribution in [1.82, 2.24) is 0 Å². The van der Waals surface area contributed by atoms with E-state index in [9.17, 15) is 9.59 Å². The summed E-state index contributed by atoms with van der Waals surface area (Å²) in [5.74, 6) is 0.819. The molecule has 0 unspecified atom stereocenters. The maximum absolute atomic E-state index is 13.9. The Morgan fingerprint density at radius 1 is 1.00 bits per heavy atom. The third-order valence-electron chi connectivity index (χ3n) is 6.83. The van der Waals surface area contributed by atoms with Crippen molar-refractivity contribution in [2.75, 3.05) is 17.3 Å². The number of carbonyl (C=O) groups is 2. The number of anilines is 2. The molecule has 2 aliphatic rings. The summed E-state index contributed by atoms with van der Waals surface area (Å²) >= 11 is 6.18. The van der Waals surface area contributed by atoms with Crippen LogP contribution in [0.5, 0.6) is 5.75 Å². The van der Waals surface area contributed by atoms with Crippen LogP contribution in [0.4, 0.5) is 11.4 Å². The van der Waals surface area contributed by atoms with Crippen LogP contribution in [-0.4, -0.2) is 18.8 Å². The Labute approximate surface area is 210 Å². The number of ketones is 1. The van der Waals surface area contributed by atoms with Crippen molar-refractivity contribution in [1.29, 1.82) is 0 Å². The molecule has 0 saturated heterocycles. The molecule has 1 aliphatic carbocycles. The van der Waals surface area contributed by atoms with Gasteiger partial charge in [0.15, 0.2) is 5.78 Å². The quantitative estimate of drug-likeness (QED) is 0.448. The van der Waals surface area contributed by atoms with Crippen molar-refractivity contribution in [3.63, 3.8) is 0 Å². The molecule has 35 heavy (non-hydrogen) atoms. The Hall–Kier alpha value is -3.57. The highest BCUT2D eigenvalue weighted by Gasteiger charge is 2.41. The van der Waals surface area contributed by atoms with E-state index in [-0.39, 0.29) is 17.6 Å². The lowest BCUT2D eigenvalue weighted by Gasteiger charge is -2.35. The fourth-order valence-corrected chi connectivity index (χ4v) is 5.23. The van der Waals surface area contributed by atoms with Crippen molar-refractivity contribution in [3.8, 4) is 5.75 Å². The highest BCUT2D eigenvalue weighted by atomic mass is 35.5. The van der Waals surface area contributed by atoms with Gasteiger partial charge in [-0.05, 0) is 59.9 Å². The first-order valence-corrected chi connectivity index (χ1v) is 12.2. The number of halogens is 1. The second-order valence-electron chi connectivity index (χ2n) is 8.91. The third kappa shape index (κ3) is 4.32. The zero-order valence-corrected chi connectivity index (χ0v) is 20.5. The van der Waals surface area contributed by atoms with Gasteiger partial charge in [0.25, 0.3) is 0 Å². The Morgan fingerprint density at radius 2 is 1.69 bits per heavy atom. The van der Waals surface area contributed by atoms with E-state index in [0.717, 1.165) is 33.9 Å². The Morgan fingerprint density at radius 3 is 2.37 bits per heavy atom. The number of hydrogen-bond donors (Lipinski definition) is 1. The van der Waals surface area contributed by atoms with E-state index in [1.165, 1.54) is 0 Å². The second-order valence-corrected chi connectivity index (χ2v) is 9.34. The summed E-state index contributed by atoms with van der Waals surface area (Å²) in [6.45, 7) is 1.85. The van der Waals surface area contributed by atoms with Gasteiger partial charge in [0.1, 0.15) is 5.75 Å². The minimum atomic E-state index is -0.532. The summed E-state index contributed by atoms with van der Waals surface area (Å²) in [6.07, 6.45) is 1.37. The fraction of sp³-hybridized carbons (Fsp3) is 0.241. The predicted molar refractivity (Wildman–Crippen MR) is 139 cm³/mol. The normalized spacial score (nSPS) is 19.4. The number of amides is 1. The minimum absolute atomic E-state index is 0.0334. The lowest BCUT2D eigenvalue weighted by molar-refractivity contribution is -0.119. The van der Waals surface area contributed by atoms with E-state index in [4.69, 9.17) is 16.3 Å². The number of methoxy groups -OCH3 is 1. The molecule has 5 rings (SSSR count). The van der Waals surface area contributed by atoms with Gasteiger partial charge >= 0.3 is 0 Å². The molecule has 5 nitrogen and oxygen atoms in total. The number of ether oxygens (including phenoxy) is 1. The van der Waals surface area contributed by atoms with Crippen molar-refractivity contribution < 1.29 is 14.3 Å². The van der Waals surface area contributed by atoms with Gasteiger partial charge in [0.2, 0.25) is 5.91 Å². The number of nitrogens with zero attached hydrogens (tertiary/aromatic N) is 1. The SMILES string of the molecule is CCC(=O)N1c2ccccc2NC2=C(C(=O)C[C@H](c3ccc(OC)cc3)C2)[C@@H]1c1ccc(Cl)cc1. The van der Waals surface area contributed by atoms with E-state index in [1.807, 2.05) is 79.7 Å². The van der Waals surface area contributed by atoms with Crippen LogP contribution in [0.3, 0.4) is 0 Å². The molecule has 3 aromatic carbocycles. The van der Waals surface area contributed by atoms with Gasteiger partial charge in [-0.1, -0.05) is 54.9 Å². The molecule has 178 valence electrons. The van der Waals surface area contributed by atoms with Crippen molar-refractivity contribution >= 4 is 34.7 Å². The van der Waals surface area contributed by atoms with E-state index in [1.54, 1.807) is 12.0 Å². The van der Waals surface area contributed by atoms with Gasteiger partial charge in [-0.25, -0.2) is 0 Å². The van der Waals surface area contributed by atoms with E-state index in [0.29, 0.717) is 29.9 Å². The molecule has 0 saturated carbocycles. The first kappa shape index (κ1) is 23.2. The first-order chi connectivity index (χ1) is 17.0. The smallest absolute Gasteiger partial charge is 0.227 e. The summed E-state index contributed by atoms with van der Waals surface area (Å²) in [6, 6.07) is 22.6. The molecule has 1 aliphatic heterocycles. The van der Waals surface area contributed by atoms with Crippen LogP contribution < -0.4 is 15.0 Å². The zero-order valence-electron chi connectivity index (χ0n) is 19.8. The number of allylic oxidation sites excluding steroid dienone is 1. The van der Waals surface area contributed by atoms with Gasteiger partial charge in [-0.3, -0.25) is 14.5 Å². The zero-order chi connectivity index (χ0) is 24.5. The number of Topliss-reactive ketones (excluding diaryl/α,β-unsaturated/α-hetero) is 1. The molecule has 6 heteroatoms. The standard InChI is InChI=1S/C29H27ClN2O3/c1-3-27(34)32-25-7-5-4-6-23(25)31-24-16-20(18-10-14-22(35-2)15-11-18)17-26(33)28(24)29(32)19-8-12-21(30)13-9-19/h4-15,20,29,31H,3,16-17H2,1-2H3/t20-,29+/m1/s1. The molecule has 1 amide bonds. The average Bonchev–Trinajstić information content (AvgIpc) is 3.03. The molecular formula is C29H27ClN2O3. The van der Waals surface area contributed by atoms with Gasteiger partial charge in [0.05, 0.1) is 24.5 Å². The Kier molecular flexibility index (Phi) is 6.35. The lowest BCUT2D eigenvalue weighted by atomic mass is 9.78. The van der Waals surface area contributed by atoms with Crippen LogP contribution in [-0.2, 0) is 9.59 Å². The predicted octanol–water partition coefficient (Wildman–Crippen LogP) is 6.66. The molecular weight excluding hydrogens is 460 g/mol. The molecule has 1 N–H and O–H groups in total. The van der Waals surface area contributed by atoms with Crippen LogP contribution in [0, 0.1) is 0 Å². The Bertz CT molecular complexity index is 1300. The van der Waals surface area contributed by atoms with Gasteiger partial charge in [-0.2, -0.15) is 0 Å². The van der Waals surface area contributed by atoms with Crippen LogP contribution >= 0.6 is 11.6 Å². The molecule has 1 heterocycles. The van der Waals surface area contributed by atoms with Crippen LogP contribution in [0.15, 0.2) is 84.1 Å². The van der Waals surface area contributed by atoms with Crippen LogP contribution in [0.2, 0.25) is 5.02 Å². The number of hydrogen-bond acceptors (Lipinski definition) is 4. The summed E-state index contributed by atoms with van der Waals surface area (Å²) in [4.78, 5) is 29.0. The van der Waals surface area contributed by atoms with Gasteiger partial charge in [-0.15, -0.1) is 0 Å². The van der Waals surface area contributed by atoms with Gasteiger partial charge in [0, 0.05) is 29.1 Å². The fourth-order valence-electron chi connectivity index (χ4n) is 5.11. The van der Waals surface area contributed by atoms with Crippen molar-refractivity contribution in [2.24, 2.45) is 0 Å². The van der Waals surface area contributed by atoms with E-state index >= 15 is 0 Å². The third-order valence-corrected chi connectivity index (χ3v) is 7.08.